The predicted molar refractivity (Wildman–Crippen MR) is 147 cm³/mol. The molecule has 2 aromatic rings. The highest BCUT2D eigenvalue weighted by molar-refractivity contribution is 5.88. The molecule has 32 heavy (non-hydrogen) atoms. The van der Waals surface area contributed by atoms with E-state index in [1.807, 2.05) is 0 Å². The Morgan fingerprint density at radius 1 is 0.688 bits per heavy atom. The zero-order valence-corrected chi connectivity index (χ0v) is 22.1. The van der Waals surface area contributed by atoms with Crippen molar-refractivity contribution < 1.29 is 0 Å². The van der Waals surface area contributed by atoms with E-state index in [0.717, 1.165) is 6.42 Å². The van der Waals surface area contributed by atoms with Gasteiger partial charge < -0.3 is 5.73 Å². The van der Waals surface area contributed by atoms with Crippen molar-refractivity contribution in [2.24, 2.45) is 5.73 Å². The molecule has 1 nitrogen and oxygen atoms in total. The summed E-state index contributed by atoms with van der Waals surface area (Å²) >= 11 is 0. The van der Waals surface area contributed by atoms with E-state index < -0.39 is 0 Å². The molecule has 2 heteroatoms. The van der Waals surface area contributed by atoms with Gasteiger partial charge in [-0.1, -0.05) is 134 Å². The van der Waals surface area contributed by atoms with Gasteiger partial charge in [-0.15, -0.1) is 12.4 Å². The first-order chi connectivity index (χ1) is 15.1. The van der Waals surface area contributed by atoms with Crippen molar-refractivity contribution in [3.8, 4) is 0 Å². The van der Waals surface area contributed by atoms with Gasteiger partial charge in [0.2, 0.25) is 0 Å². The second-order valence-electron chi connectivity index (χ2n) is 9.80. The third-order valence-electron chi connectivity index (χ3n) is 7.11. The molecule has 0 fully saturated rings. The molecule has 0 aliphatic heterocycles. The second-order valence-corrected chi connectivity index (χ2v) is 9.80. The van der Waals surface area contributed by atoms with Crippen molar-refractivity contribution >= 4 is 23.2 Å². The Morgan fingerprint density at radius 3 is 1.69 bits per heavy atom. The van der Waals surface area contributed by atoms with Crippen molar-refractivity contribution in [3.05, 3.63) is 47.0 Å². The Morgan fingerprint density at radius 2 is 1.16 bits per heavy atom. The Labute approximate surface area is 205 Å². The quantitative estimate of drug-likeness (QED) is 0.234. The Hall–Kier alpha value is -1.05. The van der Waals surface area contributed by atoms with Crippen LogP contribution in [-0.4, -0.2) is 0 Å². The topological polar surface area (TPSA) is 26.0 Å². The number of benzene rings is 2. The van der Waals surface area contributed by atoms with Crippen molar-refractivity contribution in [2.45, 2.75) is 130 Å². The van der Waals surface area contributed by atoms with Crippen molar-refractivity contribution in [1.29, 1.82) is 0 Å². The van der Waals surface area contributed by atoms with E-state index in [1.54, 1.807) is 0 Å². The van der Waals surface area contributed by atoms with Crippen LogP contribution in [0.2, 0.25) is 0 Å². The van der Waals surface area contributed by atoms with Gasteiger partial charge >= 0.3 is 0 Å². The summed E-state index contributed by atoms with van der Waals surface area (Å²) < 4.78 is 0. The lowest BCUT2D eigenvalue weighted by Crippen LogP contribution is -2.13. The maximum Gasteiger partial charge on any atom is 0.0303 e. The lowest BCUT2D eigenvalue weighted by Gasteiger charge is -2.19. The van der Waals surface area contributed by atoms with Crippen LogP contribution in [-0.2, 0) is 0 Å². The van der Waals surface area contributed by atoms with Gasteiger partial charge in [0.15, 0.2) is 0 Å². The number of fused-ring (bicyclic) bond motifs is 1. The summed E-state index contributed by atoms with van der Waals surface area (Å²) in [6.07, 6.45) is 22.3. The third kappa shape index (κ3) is 10.3. The maximum atomic E-state index is 6.69. The molecule has 0 bridgehead atoms. The molecule has 0 saturated heterocycles. The first-order valence-electron chi connectivity index (χ1n) is 13.4. The fourth-order valence-corrected chi connectivity index (χ4v) is 4.98. The Bertz CT molecular complexity index is 739. The van der Waals surface area contributed by atoms with Crippen molar-refractivity contribution in [1.82, 2.24) is 0 Å². The zero-order valence-electron chi connectivity index (χ0n) is 21.3. The highest BCUT2D eigenvalue weighted by atomic mass is 35.5. The van der Waals surface area contributed by atoms with E-state index in [0.29, 0.717) is 0 Å². The monoisotopic (exact) mass is 459 g/mol. The van der Waals surface area contributed by atoms with Gasteiger partial charge in [0.05, 0.1) is 0 Å². The highest BCUT2D eigenvalue weighted by Crippen LogP contribution is 2.31. The van der Waals surface area contributed by atoms with Crippen LogP contribution in [0, 0.1) is 13.8 Å². The lowest BCUT2D eigenvalue weighted by atomic mass is 9.89. The van der Waals surface area contributed by atoms with Crippen molar-refractivity contribution in [2.75, 3.05) is 0 Å². The van der Waals surface area contributed by atoms with Gasteiger partial charge in [-0.2, -0.15) is 0 Å². The van der Waals surface area contributed by atoms with E-state index in [-0.39, 0.29) is 18.4 Å². The summed E-state index contributed by atoms with van der Waals surface area (Å²) in [7, 11) is 0. The first kappa shape index (κ1) is 29.0. The summed E-state index contributed by atoms with van der Waals surface area (Å²) in [5.41, 5.74) is 10.8. The molecule has 0 aromatic heterocycles. The van der Waals surface area contributed by atoms with Gasteiger partial charge in [0.1, 0.15) is 0 Å². The normalized spacial score (nSPS) is 12.1. The molecule has 0 radical (unpaired) electrons. The number of rotatable bonds is 17. The average molecular weight is 460 g/mol. The van der Waals surface area contributed by atoms with Crippen LogP contribution in [0.4, 0.5) is 0 Å². The number of aryl methyl sites for hydroxylation is 1. The van der Waals surface area contributed by atoms with Crippen molar-refractivity contribution in [3.63, 3.8) is 0 Å². The molecule has 0 aliphatic rings. The molecule has 0 amide bonds. The van der Waals surface area contributed by atoms with Crippen LogP contribution in [0.1, 0.15) is 132 Å². The molecule has 0 saturated carbocycles. The summed E-state index contributed by atoms with van der Waals surface area (Å²) in [5, 5.41) is 2.67. The SMILES string of the molecule is CCCCCCCCCCCCCCCCCC(N)c1c(C)c(C)cc2ccccc12.Cl. The van der Waals surface area contributed by atoms with E-state index in [1.165, 1.54) is 124 Å². The molecular weight excluding hydrogens is 410 g/mol. The molecule has 2 rings (SSSR count). The average Bonchev–Trinajstić information content (AvgIpc) is 2.77. The number of unbranched alkanes of at least 4 members (excludes halogenated alkanes) is 14. The van der Waals surface area contributed by atoms with Crippen LogP contribution in [0.3, 0.4) is 0 Å². The lowest BCUT2D eigenvalue weighted by molar-refractivity contribution is 0.519. The van der Waals surface area contributed by atoms with Crippen LogP contribution >= 0.6 is 12.4 Å². The molecule has 2 N–H and O–H groups in total. The third-order valence-corrected chi connectivity index (χ3v) is 7.11. The minimum atomic E-state index is 0. The number of nitrogens with two attached hydrogens (primary N) is 1. The largest absolute Gasteiger partial charge is 0.324 e. The molecule has 0 heterocycles. The highest BCUT2D eigenvalue weighted by Gasteiger charge is 2.14. The fraction of sp³-hybridized carbons (Fsp3) is 0.667. The molecule has 182 valence electrons. The van der Waals surface area contributed by atoms with Crippen LogP contribution in [0.5, 0.6) is 0 Å². The molecule has 0 spiro atoms. The summed E-state index contributed by atoms with van der Waals surface area (Å²) in [6, 6.07) is 11.2. The summed E-state index contributed by atoms with van der Waals surface area (Å²) in [5.74, 6) is 0. The molecule has 1 atom stereocenters. The summed E-state index contributed by atoms with van der Waals surface area (Å²) in [6.45, 7) is 6.75. The van der Waals surface area contributed by atoms with Crippen LogP contribution < -0.4 is 5.73 Å². The van der Waals surface area contributed by atoms with E-state index in [9.17, 15) is 0 Å². The van der Waals surface area contributed by atoms with E-state index in [4.69, 9.17) is 5.73 Å². The number of halogens is 1. The Balaban J connectivity index is 0.00000512. The minimum absolute atomic E-state index is 0. The molecule has 2 aromatic carbocycles. The van der Waals surface area contributed by atoms with Gasteiger partial charge in [-0.3, -0.25) is 0 Å². The number of hydrogen-bond acceptors (Lipinski definition) is 1. The molecule has 1 unspecified atom stereocenters. The standard InChI is InChI=1S/C30H49N.ClH/c1-4-5-6-7-8-9-10-11-12-13-14-15-16-17-18-23-29(31)30-26(3)25(2)24-27-21-19-20-22-28(27)30;/h19-22,24,29H,4-18,23,31H2,1-3H3;1H. The first-order valence-corrected chi connectivity index (χ1v) is 13.4. The summed E-state index contributed by atoms with van der Waals surface area (Å²) in [4.78, 5) is 0. The molecule has 0 aliphatic carbocycles. The Kier molecular flexibility index (Phi) is 15.8. The fourth-order valence-electron chi connectivity index (χ4n) is 4.98. The van der Waals surface area contributed by atoms with Gasteiger partial charge in [-0.05, 0) is 47.7 Å². The number of hydrogen-bond donors (Lipinski definition) is 1. The van der Waals surface area contributed by atoms with Crippen LogP contribution in [0.25, 0.3) is 10.8 Å². The minimum Gasteiger partial charge on any atom is -0.324 e. The van der Waals surface area contributed by atoms with Crippen LogP contribution in [0.15, 0.2) is 30.3 Å². The second kappa shape index (κ2) is 17.4. The van der Waals surface area contributed by atoms with E-state index >= 15 is 0 Å². The predicted octanol–water partition coefficient (Wildman–Crippen LogP) is 10.1. The smallest absolute Gasteiger partial charge is 0.0303 e. The van der Waals surface area contributed by atoms with Gasteiger partial charge in [-0.25, -0.2) is 0 Å². The zero-order chi connectivity index (χ0) is 22.3. The van der Waals surface area contributed by atoms with Gasteiger partial charge in [0.25, 0.3) is 0 Å². The van der Waals surface area contributed by atoms with E-state index in [2.05, 4.69) is 51.1 Å². The molecular formula is C30H50ClN. The maximum absolute atomic E-state index is 6.69. The van der Waals surface area contributed by atoms with Gasteiger partial charge in [0, 0.05) is 6.04 Å².